The molecule has 0 bridgehead atoms. The van der Waals surface area contributed by atoms with Crippen molar-refractivity contribution in [1.82, 2.24) is 4.90 Å². The summed E-state index contributed by atoms with van der Waals surface area (Å²) in [7, 11) is 0. The first-order valence-electron chi connectivity index (χ1n) is 13.4. The van der Waals surface area contributed by atoms with Gasteiger partial charge in [-0.05, 0) is 82.1 Å². The van der Waals surface area contributed by atoms with Crippen molar-refractivity contribution in [2.75, 3.05) is 32.8 Å². The zero-order valence-electron chi connectivity index (χ0n) is 23.0. The van der Waals surface area contributed by atoms with Crippen LogP contribution >= 0.6 is 0 Å². The summed E-state index contributed by atoms with van der Waals surface area (Å²) < 4.78 is 26.1. The first kappa shape index (κ1) is 29.1. The molecular formula is C29H44FN2O5+. The molecule has 0 saturated carbocycles. The van der Waals surface area contributed by atoms with Gasteiger partial charge in [-0.15, -0.1) is 0 Å². The Morgan fingerprint density at radius 3 is 2.41 bits per heavy atom. The van der Waals surface area contributed by atoms with Crippen molar-refractivity contribution in [3.8, 4) is 5.75 Å². The predicted molar refractivity (Wildman–Crippen MR) is 140 cm³/mol. The first-order chi connectivity index (χ1) is 17.4. The molecule has 37 heavy (non-hydrogen) atoms. The van der Waals surface area contributed by atoms with Crippen molar-refractivity contribution in [3.63, 3.8) is 0 Å². The number of aliphatic hydroxyl groups excluding tert-OH is 1. The molecule has 1 saturated heterocycles. The molecule has 1 heterocycles. The van der Waals surface area contributed by atoms with E-state index in [4.69, 9.17) is 9.47 Å². The Balaban J connectivity index is 1.46. The van der Waals surface area contributed by atoms with Crippen LogP contribution in [0.3, 0.4) is 0 Å². The van der Waals surface area contributed by atoms with Gasteiger partial charge in [0.05, 0.1) is 25.7 Å². The van der Waals surface area contributed by atoms with E-state index in [0.29, 0.717) is 32.7 Å². The summed E-state index contributed by atoms with van der Waals surface area (Å²) in [6.07, 6.45) is 5.45. The maximum Gasteiger partial charge on any atom is 0.410 e. The molecule has 0 spiro atoms. The summed E-state index contributed by atoms with van der Waals surface area (Å²) in [6, 6.07) is 5.08. The number of amides is 2. The minimum Gasteiger partial charge on any atom is -0.490 e. The highest BCUT2D eigenvalue weighted by molar-refractivity contribution is 5.73. The largest absolute Gasteiger partial charge is 0.490 e. The van der Waals surface area contributed by atoms with Crippen LogP contribution < -0.4 is 10.1 Å². The molecule has 1 fully saturated rings. The Kier molecular flexibility index (Phi) is 9.75. The highest BCUT2D eigenvalue weighted by Crippen LogP contribution is 2.32. The van der Waals surface area contributed by atoms with E-state index < -0.39 is 5.60 Å². The number of rotatable bonds is 8. The van der Waals surface area contributed by atoms with E-state index in [0.717, 1.165) is 36.8 Å². The van der Waals surface area contributed by atoms with Crippen LogP contribution in [0.1, 0.15) is 72.3 Å². The van der Waals surface area contributed by atoms with Gasteiger partial charge in [0.25, 0.3) is 0 Å². The molecule has 1 unspecified atom stereocenters. The lowest BCUT2D eigenvalue weighted by atomic mass is 9.85. The molecule has 0 radical (unpaired) electrons. The van der Waals surface area contributed by atoms with Gasteiger partial charge in [-0.25, -0.2) is 14.0 Å². The minimum absolute atomic E-state index is 0.0458. The third-order valence-electron chi connectivity index (χ3n) is 7.14. The second-order valence-electron chi connectivity index (χ2n) is 12.2. The van der Waals surface area contributed by atoms with Crippen LogP contribution in [-0.4, -0.2) is 60.5 Å². The van der Waals surface area contributed by atoms with E-state index in [-0.39, 0.29) is 47.4 Å². The number of allylic oxidation sites excluding steroid dienone is 2. The number of ether oxygens (including phenoxy) is 2. The molecule has 1 aromatic rings. The Bertz CT molecular complexity index is 977. The van der Waals surface area contributed by atoms with Gasteiger partial charge in [0, 0.05) is 18.5 Å². The summed E-state index contributed by atoms with van der Waals surface area (Å²) in [4.78, 5) is 26.5. The Hall–Kier alpha value is -2.45. The molecule has 1 aromatic carbocycles. The molecule has 3 rings (SSSR count). The molecule has 3 N–H and O–H groups in total. The fourth-order valence-corrected chi connectivity index (χ4v) is 4.60. The number of carbonyl (C=O) groups is 2. The zero-order chi connectivity index (χ0) is 27.2. The molecule has 1 aliphatic carbocycles. The fraction of sp³-hybridized carbons (Fsp3) is 0.655. The second-order valence-corrected chi connectivity index (χ2v) is 12.2. The van der Waals surface area contributed by atoms with Gasteiger partial charge in [0.15, 0.2) is 11.6 Å². The molecule has 2 amide bonds. The lowest BCUT2D eigenvalue weighted by molar-refractivity contribution is -0.584. The summed E-state index contributed by atoms with van der Waals surface area (Å²) in [5.41, 5.74) is 1.08. The maximum atomic E-state index is 14.8. The Morgan fingerprint density at radius 2 is 1.84 bits per heavy atom. The summed E-state index contributed by atoms with van der Waals surface area (Å²) in [6.45, 7) is 11.7. The average molecular weight is 520 g/mol. The van der Waals surface area contributed by atoms with E-state index >= 15 is 0 Å². The van der Waals surface area contributed by atoms with Crippen LogP contribution in [0.5, 0.6) is 5.75 Å². The lowest BCUT2D eigenvalue weighted by Crippen LogP contribution is -2.91. The number of likely N-dealkylation sites (tertiary alicyclic amines) is 1. The van der Waals surface area contributed by atoms with Crippen molar-refractivity contribution in [2.45, 2.75) is 72.3 Å². The molecule has 0 aromatic heterocycles. The number of carbonyl (C=O) groups excluding carboxylic acids is 2. The van der Waals surface area contributed by atoms with E-state index in [2.05, 4.69) is 0 Å². The molecule has 1 aliphatic heterocycles. The van der Waals surface area contributed by atoms with Crippen molar-refractivity contribution < 1.29 is 33.9 Å². The lowest BCUT2D eigenvalue weighted by Gasteiger charge is -2.33. The highest BCUT2D eigenvalue weighted by atomic mass is 19.1. The van der Waals surface area contributed by atoms with Gasteiger partial charge in [0.2, 0.25) is 0 Å². The van der Waals surface area contributed by atoms with Crippen molar-refractivity contribution in [1.29, 1.82) is 0 Å². The number of piperidine rings is 1. The van der Waals surface area contributed by atoms with E-state index in [1.54, 1.807) is 16.3 Å². The first-order valence-corrected chi connectivity index (χ1v) is 13.4. The normalized spacial score (nSPS) is 19.4. The van der Waals surface area contributed by atoms with E-state index in [9.17, 15) is 19.1 Å². The Labute approximate surface area is 220 Å². The van der Waals surface area contributed by atoms with Crippen LogP contribution in [0.2, 0.25) is 0 Å². The number of primary amides is 1. The van der Waals surface area contributed by atoms with E-state index in [1.165, 1.54) is 6.07 Å². The highest BCUT2D eigenvalue weighted by Gasteiger charge is 2.29. The number of hydrogen-bond acceptors (Lipinski definition) is 5. The third-order valence-corrected chi connectivity index (χ3v) is 7.14. The van der Waals surface area contributed by atoms with Gasteiger partial charge in [-0.1, -0.05) is 26.0 Å². The van der Waals surface area contributed by atoms with Crippen molar-refractivity contribution >= 4 is 17.6 Å². The molecule has 1 atom stereocenters. The number of nitrogens with zero attached hydrogens (tertiary/aromatic N) is 1. The number of nitrogens with two attached hydrogens (primary N) is 1. The Morgan fingerprint density at radius 1 is 1.14 bits per heavy atom. The van der Waals surface area contributed by atoms with Gasteiger partial charge < -0.3 is 19.5 Å². The average Bonchev–Trinajstić information content (AvgIpc) is 2.86. The summed E-state index contributed by atoms with van der Waals surface area (Å²) >= 11 is 0. The van der Waals surface area contributed by atoms with Gasteiger partial charge in [0.1, 0.15) is 5.60 Å². The number of aliphatic hydroxyl groups is 1. The van der Waals surface area contributed by atoms with Crippen molar-refractivity contribution in [3.05, 3.63) is 35.7 Å². The smallest absolute Gasteiger partial charge is 0.410 e. The van der Waals surface area contributed by atoms with Gasteiger partial charge in [-0.3, -0.25) is 5.32 Å². The van der Waals surface area contributed by atoms with Gasteiger partial charge in [-0.2, -0.15) is 0 Å². The zero-order valence-corrected chi connectivity index (χ0v) is 23.0. The van der Waals surface area contributed by atoms with Crippen LogP contribution in [0.15, 0.2) is 24.3 Å². The van der Waals surface area contributed by atoms with Crippen LogP contribution in [-0.2, 0) is 9.53 Å². The molecule has 206 valence electrons. The van der Waals surface area contributed by atoms with Gasteiger partial charge >= 0.3 is 12.0 Å². The number of halogens is 1. The van der Waals surface area contributed by atoms with Crippen LogP contribution in [0.25, 0.3) is 5.57 Å². The quantitative estimate of drug-likeness (QED) is 0.539. The molecular weight excluding hydrogens is 475 g/mol. The summed E-state index contributed by atoms with van der Waals surface area (Å²) in [5.74, 6) is 0.190. The predicted octanol–water partition coefficient (Wildman–Crippen LogP) is 4.14. The fourth-order valence-electron chi connectivity index (χ4n) is 4.60. The standard InChI is InChI=1S/C29H43FN2O5/c1-28(2,3)37-27(35)32-14-12-20(13-15-32)17-36-25-11-10-23(16-24(25)30)21-6-8-22(9-7-21)26(34)31-18-29(4,5)19-33/h6,10-11,16,20,22,33H,7-9,12-15,17-19H2,1-5H3,(H,31,34)/p+1. The molecule has 8 heteroatoms. The molecule has 2 aliphatic rings. The maximum absolute atomic E-state index is 14.8. The topological polar surface area (TPSA) is 92.7 Å². The monoisotopic (exact) mass is 519 g/mol. The number of quaternary nitrogens is 1. The summed E-state index contributed by atoms with van der Waals surface area (Å²) in [5, 5.41) is 11.1. The van der Waals surface area contributed by atoms with E-state index in [1.807, 2.05) is 46.8 Å². The van der Waals surface area contributed by atoms with Crippen molar-refractivity contribution in [2.24, 2.45) is 17.3 Å². The third kappa shape index (κ3) is 8.82. The number of benzene rings is 1. The van der Waals surface area contributed by atoms with Crippen LogP contribution in [0, 0.1) is 23.1 Å². The number of hydrogen-bond donors (Lipinski definition) is 2. The molecule has 7 nitrogen and oxygen atoms in total. The minimum atomic E-state index is -0.510. The SMILES string of the molecule is CC(C)(CO)C[NH2+]C(=O)C1CC=C(c2ccc(OCC3CCN(C(=O)OC(C)(C)C)CC3)c(F)c2)CC1. The van der Waals surface area contributed by atoms with Crippen LogP contribution in [0.4, 0.5) is 9.18 Å². The second kappa shape index (κ2) is 12.4.